The van der Waals surface area contributed by atoms with Crippen LogP contribution in [0.25, 0.3) is 5.65 Å². The lowest BCUT2D eigenvalue weighted by atomic mass is 10.4. The van der Waals surface area contributed by atoms with Crippen LogP contribution in [-0.2, 0) is 4.74 Å². The van der Waals surface area contributed by atoms with E-state index in [0.717, 1.165) is 25.2 Å². The number of carbonyl (C=O) groups is 1. The van der Waals surface area contributed by atoms with Crippen LogP contribution in [0.5, 0.6) is 0 Å². The Hall–Kier alpha value is -1.47. The van der Waals surface area contributed by atoms with Gasteiger partial charge in [-0.1, -0.05) is 0 Å². The Labute approximate surface area is 112 Å². The summed E-state index contributed by atoms with van der Waals surface area (Å²) >= 11 is 3.37. The highest BCUT2D eigenvalue weighted by molar-refractivity contribution is 9.10. The predicted molar refractivity (Wildman–Crippen MR) is 69.1 cm³/mol. The number of morpholine rings is 1. The lowest BCUT2D eigenvalue weighted by molar-refractivity contribution is 0.111. The Bertz CT molecular complexity index is 592. The van der Waals surface area contributed by atoms with E-state index in [4.69, 9.17) is 4.74 Å². The average molecular weight is 311 g/mol. The first-order valence-electron chi connectivity index (χ1n) is 5.61. The molecule has 0 amide bonds. The molecule has 0 atom stereocenters. The van der Waals surface area contributed by atoms with Gasteiger partial charge in [0.1, 0.15) is 10.3 Å². The summed E-state index contributed by atoms with van der Waals surface area (Å²) in [6.07, 6.45) is 4.22. The maximum absolute atomic E-state index is 10.9. The lowest BCUT2D eigenvalue weighted by Gasteiger charge is -2.27. The van der Waals surface area contributed by atoms with E-state index in [9.17, 15) is 4.79 Å². The van der Waals surface area contributed by atoms with E-state index in [2.05, 4.69) is 30.8 Å². The Morgan fingerprint density at radius 3 is 2.89 bits per heavy atom. The van der Waals surface area contributed by atoms with Crippen molar-refractivity contribution in [3.63, 3.8) is 0 Å². The zero-order valence-electron chi connectivity index (χ0n) is 9.54. The summed E-state index contributed by atoms with van der Waals surface area (Å²) in [6, 6.07) is 0. The molecule has 1 aliphatic heterocycles. The summed E-state index contributed by atoms with van der Waals surface area (Å²) in [6.45, 7) is 2.94. The van der Waals surface area contributed by atoms with Gasteiger partial charge in [-0.15, -0.1) is 0 Å². The maximum Gasteiger partial charge on any atom is 0.181 e. The second-order valence-electron chi connectivity index (χ2n) is 3.95. The van der Waals surface area contributed by atoms with Crippen molar-refractivity contribution in [3.8, 4) is 0 Å². The fourth-order valence-electron chi connectivity index (χ4n) is 2.03. The lowest BCUT2D eigenvalue weighted by Crippen LogP contribution is -2.37. The van der Waals surface area contributed by atoms with Gasteiger partial charge in [-0.05, 0) is 15.9 Å². The average Bonchev–Trinajstić information content (AvgIpc) is 2.77. The largest absolute Gasteiger partial charge is 0.378 e. The summed E-state index contributed by atoms with van der Waals surface area (Å²) in [5.74, 6) is 0.787. The smallest absolute Gasteiger partial charge is 0.181 e. The molecule has 0 spiro atoms. The van der Waals surface area contributed by atoms with Crippen LogP contribution in [-0.4, -0.2) is 47.0 Å². The molecule has 0 aliphatic carbocycles. The second kappa shape index (κ2) is 4.66. The van der Waals surface area contributed by atoms with E-state index < -0.39 is 0 Å². The molecule has 1 aliphatic rings. The number of fused-ring (bicyclic) bond motifs is 1. The number of rotatable bonds is 2. The van der Waals surface area contributed by atoms with E-state index in [-0.39, 0.29) is 0 Å². The molecule has 0 aromatic carbocycles. The highest BCUT2D eigenvalue weighted by Crippen LogP contribution is 2.24. The number of carbonyl (C=O) groups excluding carboxylic acids is 1. The molecule has 0 radical (unpaired) electrons. The van der Waals surface area contributed by atoms with Gasteiger partial charge < -0.3 is 9.64 Å². The number of halogens is 1. The molecule has 94 valence electrons. The molecule has 7 heteroatoms. The van der Waals surface area contributed by atoms with Gasteiger partial charge in [0.25, 0.3) is 0 Å². The zero-order valence-corrected chi connectivity index (χ0v) is 11.1. The van der Waals surface area contributed by atoms with Crippen LogP contribution in [0.2, 0.25) is 0 Å². The van der Waals surface area contributed by atoms with E-state index in [1.165, 1.54) is 0 Å². The van der Waals surface area contributed by atoms with Gasteiger partial charge in [-0.3, -0.25) is 9.20 Å². The van der Waals surface area contributed by atoms with Crippen molar-refractivity contribution < 1.29 is 9.53 Å². The van der Waals surface area contributed by atoms with Crippen molar-refractivity contribution in [3.05, 3.63) is 22.7 Å². The van der Waals surface area contributed by atoms with Crippen LogP contribution in [0.3, 0.4) is 0 Å². The third-order valence-electron chi connectivity index (χ3n) is 2.91. The Morgan fingerprint density at radius 1 is 1.39 bits per heavy atom. The highest BCUT2D eigenvalue weighted by Gasteiger charge is 2.19. The summed E-state index contributed by atoms with van der Waals surface area (Å²) in [5.41, 5.74) is 1.07. The standard InChI is InChI=1S/C11H11BrN4O2/c12-9-8(7-17)14-11-10(13-1-2-16(9)11)15-3-5-18-6-4-15/h1-2,7H,3-6H2. The SMILES string of the molecule is O=Cc1nc2c(N3CCOCC3)nccn2c1Br. The molecule has 2 aromatic rings. The predicted octanol–water partition coefficient (Wildman–Crippen LogP) is 1.14. The number of anilines is 1. The van der Waals surface area contributed by atoms with Crippen LogP contribution in [0.1, 0.15) is 10.5 Å². The highest BCUT2D eigenvalue weighted by atomic mass is 79.9. The van der Waals surface area contributed by atoms with Gasteiger partial charge in [-0.2, -0.15) is 0 Å². The molecule has 0 bridgehead atoms. The molecule has 0 N–H and O–H groups in total. The van der Waals surface area contributed by atoms with Gasteiger partial charge >= 0.3 is 0 Å². The van der Waals surface area contributed by atoms with Gasteiger partial charge in [0, 0.05) is 25.5 Å². The van der Waals surface area contributed by atoms with E-state index in [1.54, 1.807) is 12.4 Å². The Balaban J connectivity index is 2.14. The normalized spacial score (nSPS) is 16.2. The topological polar surface area (TPSA) is 59.7 Å². The molecular weight excluding hydrogens is 300 g/mol. The number of hydrogen-bond acceptors (Lipinski definition) is 5. The van der Waals surface area contributed by atoms with E-state index in [1.807, 2.05) is 4.40 Å². The van der Waals surface area contributed by atoms with Crippen molar-refractivity contribution in [1.82, 2.24) is 14.4 Å². The minimum atomic E-state index is 0.387. The molecule has 18 heavy (non-hydrogen) atoms. The van der Waals surface area contributed by atoms with Crippen LogP contribution in [0.4, 0.5) is 5.82 Å². The van der Waals surface area contributed by atoms with Crippen LogP contribution >= 0.6 is 15.9 Å². The van der Waals surface area contributed by atoms with Crippen LogP contribution < -0.4 is 4.90 Å². The fourth-order valence-corrected chi connectivity index (χ4v) is 2.49. The molecule has 0 unspecified atom stereocenters. The monoisotopic (exact) mass is 310 g/mol. The van der Waals surface area contributed by atoms with Crippen molar-refractivity contribution >= 4 is 33.7 Å². The maximum atomic E-state index is 10.9. The number of aromatic nitrogens is 3. The second-order valence-corrected chi connectivity index (χ2v) is 4.70. The van der Waals surface area contributed by atoms with Crippen molar-refractivity contribution in [1.29, 1.82) is 0 Å². The van der Waals surface area contributed by atoms with Crippen molar-refractivity contribution in [2.24, 2.45) is 0 Å². The third kappa shape index (κ3) is 1.79. The quantitative estimate of drug-likeness (QED) is 0.779. The van der Waals surface area contributed by atoms with Crippen LogP contribution in [0, 0.1) is 0 Å². The number of aldehydes is 1. The van der Waals surface area contributed by atoms with Gasteiger partial charge in [0.2, 0.25) is 0 Å². The van der Waals surface area contributed by atoms with Crippen molar-refractivity contribution in [2.45, 2.75) is 0 Å². The van der Waals surface area contributed by atoms with E-state index in [0.29, 0.717) is 29.2 Å². The first-order chi connectivity index (χ1) is 8.81. The minimum Gasteiger partial charge on any atom is -0.378 e. The third-order valence-corrected chi connectivity index (χ3v) is 3.70. The number of ether oxygens (including phenoxy) is 1. The molecule has 0 saturated carbocycles. The minimum absolute atomic E-state index is 0.387. The van der Waals surface area contributed by atoms with Gasteiger partial charge in [0.15, 0.2) is 17.8 Å². The Morgan fingerprint density at radius 2 is 2.17 bits per heavy atom. The van der Waals surface area contributed by atoms with E-state index >= 15 is 0 Å². The van der Waals surface area contributed by atoms with Gasteiger partial charge in [0.05, 0.1) is 13.2 Å². The molecular formula is C11H11BrN4O2. The number of nitrogens with zero attached hydrogens (tertiary/aromatic N) is 4. The molecule has 3 heterocycles. The zero-order chi connectivity index (χ0) is 12.5. The first-order valence-corrected chi connectivity index (χ1v) is 6.41. The first kappa shape index (κ1) is 11.6. The molecule has 3 rings (SSSR count). The van der Waals surface area contributed by atoms with Crippen molar-refractivity contribution in [2.75, 3.05) is 31.2 Å². The number of hydrogen-bond donors (Lipinski definition) is 0. The molecule has 6 nitrogen and oxygen atoms in total. The summed E-state index contributed by atoms with van der Waals surface area (Å²) in [7, 11) is 0. The van der Waals surface area contributed by atoms with Crippen LogP contribution in [0.15, 0.2) is 17.0 Å². The summed E-state index contributed by atoms with van der Waals surface area (Å²) in [5, 5.41) is 0. The summed E-state index contributed by atoms with van der Waals surface area (Å²) in [4.78, 5) is 21.7. The van der Waals surface area contributed by atoms with Gasteiger partial charge in [-0.25, -0.2) is 9.97 Å². The Kier molecular flexibility index (Phi) is 3.00. The molecule has 1 saturated heterocycles. The molecule has 2 aromatic heterocycles. The molecule has 1 fully saturated rings. The fraction of sp³-hybridized carbons (Fsp3) is 0.364. The summed E-state index contributed by atoms with van der Waals surface area (Å²) < 4.78 is 7.80. The number of imidazole rings is 1.